The summed E-state index contributed by atoms with van der Waals surface area (Å²) < 4.78 is 5.18. The van der Waals surface area contributed by atoms with Gasteiger partial charge in [-0.2, -0.15) is 0 Å². The number of carbonyl (C=O) groups is 3. The first-order valence-electron chi connectivity index (χ1n) is 9.44. The Labute approximate surface area is 164 Å². The van der Waals surface area contributed by atoms with Crippen molar-refractivity contribution in [2.75, 3.05) is 17.7 Å². The Morgan fingerprint density at radius 2 is 2.07 bits per heavy atom. The number of rotatable bonds is 7. The number of esters is 1. The largest absolute Gasteiger partial charge is 0.454 e. The minimum absolute atomic E-state index is 0.0166. The maximum absolute atomic E-state index is 12.4. The number of ether oxygens (including phenoxy) is 1. The quantitative estimate of drug-likeness (QED) is 0.725. The molecule has 1 aromatic carbocycles. The molecule has 0 bridgehead atoms. The van der Waals surface area contributed by atoms with E-state index in [4.69, 9.17) is 4.74 Å². The lowest BCUT2D eigenvalue weighted by molar-refractivity contribution is -0.155. The molecule has 2 fully saturated rings. The number of carbonyl (C=O) groups excluding carboxylic acids is 3. The molecule has 0 unspecified atom stereocenters. The average Bonchev–Trinajstić information content (AvgIpc) is 3.15. The fourth-order valence-electron chi connectivity index (χ4n) is 3.56. The highest BCUT2D eigenvalue weighted by Gasteiger charge is 2.53. The number of amides is 2. The van der Waals surface area contributed by atoms with E-state index in [1.54, 1.807) is 16.7 Å². The van der Waals surface area contributed by atoms with Crippen LogP contribution in [0.2, 0.25) is 0 Å². The van der Waals surface area contributed by atoms with Gasteiger partial charge in [-0.15, -0.1) is 11.8 Å². The summed E-state index contributed by atoms with van der Waals surface area (Å²) in [7, 11) is 0. The van der Waals surface area contributed by atoms with E-state index in [1.165, 1.54) is 5.56 Å². The number of hydrogen-bond donors (Lipinski definition) is 1. The Morgan fingerprint density at radius 1 is 1.33 bits per heavy atom. The van der Waals surface area contributed by atoms with Crippen molar-refractivity contribution in [3.8, 4) is 0 Å². The summed E-state index contributed by atoms with van der Waals surface area (Å²) in [4.78, 5) is 37.8. The maximum atomic E-state index is 12.4. The van der Waals surface area contributed by atoms with E-state index < -0.39 is 12.0 Å². The highest BCUT2D eigenvalue weighted by molar-refractivity contribution is 8.01. The van der Waals surface area contributed by atoms with Gasteiger partial charge in [0.25, 0.3) is 5.91 Å². The second kappa shape index (κ2) is 8.33. The van der Waals surface area contributed by atoms with Crippen molar-refractivity contribution in [1.82, 2.24) is 4.90 Å². The van der Waals surface area contributed by atoms with E-state index >= 15 is 0 Å². The predicted molar refractivity (Wildman–Crippen MR) is 105 cm³/mol. The first kappa shape index (κ1) is 19.7. The summed E-state index contributed by atoms with van der Waals surface area (Å²) >= 11 is 1.60. The number of aryl methyl sites for hydroxylation is 1. The lowest BCUT2D eigenvalue weighted by Gasteiger charge is -2.29. The zero-order valence-electron chi connectivity index (χ0n) is 15.8. The molecule has 0 radical (unpaired) electrons. The van der Waals surface area contributed by atoms with Gasteiger partial charge < -0.3 is 15.0 Å². The molecule has 3 rings (SSSR count). The van der Waals surface area contributed by atoms with Gasteiger partial charge in [0.15, 0.2) is 6.61 Å². The van der Waals surface area contributed by atoms with Gasteiger partial charge in [0.2, 0.25) is 5.91 Å². The Morgan fingerprint density at radius 3 is 2.78 bits per heavy atom. The molecule has 2 aliphatic rings. The smallest absolute Gasteiger partial charge is 0.330 e. The normalized spacial score (nSPS) is 24.0. The average molecular weight is 391 g/mol. The second-order valence-corrected chi connectivity index (χ2v) is 8.72. The summed E-state index contributed by atoms with van der Waals surface area (Å²) in [5.41, 5.74) is 1.91. The molecule has 1 N–H and O–H groups in total. The number of thioether (sulfide) groups is 1. The van der Waals surface area contributed by atoms with Crippen molar-refractivity contribution >= 4 is 35.2 Å². The molecule has 0 spiro atoms. The number of nitrogens with one attached hydrogen (secondary N) is 1. The van der Waals surface area contributed by atoms with Crippen molar-refractivity contribution in [2.45, 2.75) is 56.9 Å². The van der Waals surface area contributed by atoms with Gasteiger partial charge >= 0.3 is 5.97 Å². The molecule has 1 aromatic rings. The molecular formula is C20H26N2O4S. The van der Waals surface area contributed by atoms with Crippen LogP contribution in [-0.4, -0.2) is 46.0 Å². The molecule has 2 amide bonds. The van der Waals surface area contributed by atoms with Crippen LogP contribution in [0.5, 0.6) is 0 Å². The highest BCUT2D eigenvalue weighted by Crippen LogP contribution is 2.47. The number of fused-ring (bicyclic) bond motifs is 1. The lowest BCUT2D eigenvalue weighted by Crippen LogP contribution is -2.47. The van der Waals surface area contributed by atoms with E-state index in [9.17, 15) is 14.4 Å². The monoisotopic (exact) mass is 390 g/mol. The second-order valence-electron chi connectivity index (χ2n) is 7.22. The minimum atomic E-state index is -0.597. The van der Waals surface area contributed by atoms with Crippen molar-refractivity contribution in [3.05, 3.63) is 29.8 Å². The molecule has 2 atom stereocenters. The molecule has 6 nitrogen and oxygen atoms in total. The van der Waals surface area contributed by atoms with Crippen LogP contribution < -0.4 is 5.32 Å². The molecule has 2 aliphatic heterocycles. The topological polar surface area (TPSA) is 75.7 Å². The molecule has 0 aromatic heterocycles. The van der Waals surface area contributed by atoms with Crippen LogP contribution in [-0.2, 0) is 25.5 Å². The fraction of sp³-hybridized carbons (Fsp3) is 0.550. The third-order valence-electron chi connectivity index (χ3n) is 5.12. The Hall–Kier alpha value is -2.02. The van der Waals surface area contributed by atoms with Crippen LogP contribution >= 0.6 is 11.8 Å². The molecule has 0 saturated carbocycles. The molecule has 2 heterocycles. The van der Waals surface area contributed by atoms with Gasteiger partial charge in [-0.25, -0.2) is 4.79 Å². The third-order valence-corrected chi connectivity index (χ3v) is 6.62. The number of anilines is 1. The van der Waals surface area contributed by atoms with Gasteiger partial charge in [-0.1, -0.05) is 25.5 Å². The number of nitrogens with zero attached hydrogens (tertiary/aromatic N) is 1. The summed E-state index contributed by atoms with van der Waals surface area (Å²) in [5.74, 6) is -0.392. The third kappa shape index (κ3) is 4.46. The van der Waals surface area contributed by atoms with Crippen molar-refractivity contribution in [2.24, 2.45) is 0 Å². The van der Waals surface area contributed by atoms with Crippen LogP contribution in [0, 0.1) is 0 Å². The zero-order valence-corrected chi connectivity index (χ0v) is 16.6. The summed E-state index contributed by atoms with van der Waals surface area (Å²) in [6.45, 7) is 3.78. The Balaban J connectivity index is 1.48. The number of hydrogen-bond acceptors (Lipinski definition) is 5. The van der Waals surface area contributed by atoms with Crippen LogP contribution in [0.4, 0.5) is 5.69 Å². The SMILES string of the molecule is CCCCc1ccc(NC(=O)COC(=O)[C@@H]2CS[C@@]3(C)CCC(=O)N23)cc1. The number of unbranched alkanes of at least 4 members (excludes halogenated alkanes) is 1. The lowest BCUT2D eigenvalue weighted by atomic mass is 10.1. The summed E-state index contributed by atoms with van der Waals surface area (Å²) in [6, 6.07) is 7.10. The molecular weight excluding hydrogens is 364 g/mol. The van der Waals surface area contributed by atoms with E-state index in [1.807, 2.05) is 31.2 Å². The molecule has 146 valence electrons. The van der Waals surface area contributed by atoms with E-state index in [0.29, 0.717) is 17.9 Å². The fourth-order valence-corrected chi connectivity index (χ4v) is 4.98. The Kier molecular flexibility index (Phi) is 6.09. The first-order valence-corrected chi connectivity index (χ1v) is 10.4. The molecule has 0 aliphatic carbocycles. The van der Waals surface area contributed by atoms with Crippen LogP contribution in [0.25, 0.3) is 0 Å². The van der Waals surface area contributed by atoms with Crippen LogP contribution in [0.1, 0.15) is 45.1 Å². The van der Waals surface area contributed by atoms with Crippen molar-refractivity contribution in [1.29, 1.82) is 0 Å². The van der Waals surface area contributed by atoms with Gasteiger partial charge in [-0.05, 0) is 43.9 Å². The standard InChI is InChI=1S/C20H26N2O4S/c1-3-4-5-14-6-8-15(9-7-14)21-17(23)12-26-19(25)16-13-27-20(2)11-10-18(24)22(16)20/h6-9,16H,3-5,10-13H2,1-2H3,(H,21,23)/t16-,20-/m0/s1. The van der Waals surface area contributed by atoms with Gasteiger partial charge in [0, 0.05) is 17.9 Å². The predicted octanol–water partition coefficient (Wildman–Crippen LogP) is 2.96. The molecule has 7 heteroatoms. The van der Waals surface area contributed by atoms with E-state index in [0.717, 1.165) is 25.7 Å². The van der Waals surface area contributed by atoms with Crippen molar-refractivity contribution < 1.29 is 19.1 Å². The van der Waals surface area contributed by atoms with Gasteiger partial charge in [-0.3, -0.25) is 9.59 Å². The zero-order chi connectivity index (χ0) is 19.4. The van der Waals surface area contributed by atoms with Crippen molar-refractivity contribution in [3.63, 3.8) is 0 Å². The van der Waals surface area contributed by atoms with Crippen LogP contribution in [0.15, 0.2) is 24.3 Å². The minimum Gasteiger partial charge on any atom is -0.454 e. The van der Waals surface area contributed by atoms with Gasteiger partial charge in [0.1, 0.15) is 6.04 Å². The van der Waals surface area contributed by atoms with E-state index in [2.05, 4.69) is 12.2 Å². The van der Waals surface area contributed by atoms with Gasteiger partial charge in [0.05, 0.1) is 4.87 Å². The molecule has 2 saturated heterocycles. The maximum Gasteiger partial charge on any atom is 0.330 e. The van der Waals surface area contributed by atoms with E-state index in [-0.39, 0.29) is 23.3 Å². The highest BCUT2D eigenvalue weighted by atomic mass is 32.2. The number of benzene rings is 1. The summed E-state index contributed by atoms with van der Waals surface area (Å²) in [5, 5.41) is 2.73. The Bertz CT molecular complexity index is 721. The summed E-state index contributed by atoms with van der Waals surface area (Å²) in [6.07, 6.45) is 4.51. The van der Waals surface area contributed by atoms with Crippen LogP contribution in [0.3, 0.4) is 0 Å². The molecule has 27 heavy (non-hydrogen) atoms. The first-order chi connectivity index (χ1) is 12.9.